The van der Waals surface area contributed by atoms with Gasteiger partial charge in [-0.3, -0.25) is 13.9 Å². The lowest BCUT2D eigenvalue weighted by Crippen LogP contribution is -2.45. The zero-order valence-electron chi connectivity index (χ0n) is 21.4. The Bertz CT molecular complexity index is 1260. The van der Waals surface area contributed by atoms with Crippen LogP contribution in [0, 0.1) is 5.41 Å². The standard InChI is InChI=1S/C24H31F2N4O7P/c1-6-23(5)18(36-21(24(23,25)26)30-13-12-19(27)28-22(30)32)14-34-38(33,37-17-10-8-7-9-11-17)29-16(4)20(31)35-15(2)3/h6-13,15-16,18,21H,1,14H2,2-5H3,(H,29,33)(H2,27,28,32)/t16-,18+,21+,23+,38?/m0/s1. The van der Waals surface area contributed by atoms with E-state index in [1.54, 1.807) is 32.0 Å². The second kappa shape index (κ2) is 11.3. The van der Waals surface area contributed by atoms with Gasteiger partial charge in [-0.2, -0.15) is 10.1 Å². The SMILES string of the molecule is C=C[C@]1(C)[C@@H](COP(=O)(N[C@@H](C)C(=O)OC(C)C)Oc2ccccc2)O[C@@H](n2ccc(N)nc2=O)C1(F)F. The normalized spacial score (nSPS) is 24.9. The average molecular weight is 557 g/mol. The van der Waals surface area contributed by atoms with Gasteiger partial charge >= 0.3 is 25.3 Å². The number of esters is 1. The van der Waals surface area contributed by atoms with Gasteiger partial charge in [0.15, 0.2) is 0 Å². The number of nitrogens with two attached hydrogens (primary N) is 1. The zero-order valence-corrected chi connectivity index (χ0v) is 22.3. The summed E-state index contributed by atoms with van der Waals surface area (Å²) in [6.45, 7) is 8.69. The number of anilines is 1. The molecule has 0 spiro atoms. The first kappa shape index (κ1) is 29.4. The summed E-state index contributed by atoms with van der Waals surface area (Å²) in [7, 11) is -4.37. The minimum atomic E-state index is -4.37. The highest BCUT2D eigenvalue weighted by Crippen LogP contribution is 2.56. The van der Waals surface area contributed by atoms with E-state index in [9.17, 15) is 14.2 Å². The van der Waals surface area contributed by atoms with Gasteiger partial charge in [0.05, 0.1) is 24.2 Å². The summed E-state index contributed by atoms with van der Waals surface area (Å²) in [6, 6.07) is 7.98. The molecule has 208 valence electrons. The van der Waals surface area contributed by atoms with Crippen LogP contribution in [0.5, 0.6) is 5.75 Å². The number of aromatic nitrogens is 2. The molecule has 38 heavy (non-hydrogen) atoms. The van der Waals surface area contributed by atoms with Crippen molar-refractivity contribution in [3.63, 3.8) is 0 Å². The van der Waals surface area contributed by atoms with Crippen molar-refractivity contribution in [1.29, 1.82) is 0 Å². The van der Waals surface area contributed by atoms with Crippen LogP contribution in [0.3, 0.4) is 0 Å². The fourth-order valence-electron chi connectivity index (χ4n) is 3.69. The van der Waals surface area contributed by atoms with Crippen LogP contribution in [0.4, 0.5) is 14.6 Å². The van der Waals surface area contributed by atoms with Crippen molar-refractivity contribution in [3.8, 4) is 5.75 Å². The molecule has 0 saturated carbocycles. The number of nitrogens with one attached hydrogen (secondary N) is 1. The number of ether oxygens (including phenoxy) is 2. The first-order valence-electron chi connectivity index (χ1n) is 11.7. The predicted octanol–water partition coefficient (Wildman–Crippen LogP) is 3.68. The molecule has 0 amide bonds. The number of nitrogen functional groups attached to an aromatic ring is 1. The molecule has 1 aromatic carbocycles. The quantitative estimate of drug-likeness (QED) is 0.239. The monoisotopic (exact) mass is 556 g/mol. The largest absolute Gasteiger partial charge is 0.462 e. The van der Waals surface area contributed by atoms with Gasteiger partial charge in [0.1, 0.15) is 17.6 Å². The fourth-order valence-corrected chi connectivity index (χ4v) is 5.18. The summed E-state index contributed by atoms with van der Waals surface area (Å²) in [5.41, 5.74) is 2.36. The van der Waals surface area contributed by atoms with Crippen molar-refractivity contribution >= 4 is 19.5 Å². The number of carbonyl (C=O) groups excluding carboxylic acids is 1. The maximum Gasteiger partial charge on any atom is 0.459 e. The number of halogens is 2. The third-order valence-electron chi connectivity index (χ3n) is 5.94. The maximum absolute atomic E-state index is 15.6. The number of hydrogen-bond acceptors (Lipinski definition) is 9. The summed E-state index contributed by atoms with van der Waals surface area (Å²) in [4.78, 5) is 28.1. The number of rotatable bonds is 11. The maximum atomic E-state index is 15.6. The number of hydrogen-bond donors (Lipinski definition) is 2. The molecule has 0 radical (unpaired) electrons. The highest BCUT2D eigenvalue weighted by molar-refractivity contribution is 7.52. The van der Waals surface area contributed by atoms with Crippen molar-refractivity contribution in [2.45, 2.75) is 58.1 Å². The molecule has 14 heteroatoms. The lowest BCUT2D eigenvalue weighted by molar-refractivity contribution is -0.149. The van der Waals surface area contributed by atoms with Gasteiger partial charge in [0, 0.05) is 6.20 Å². The molecule has 1 saturated heterocycles. The Hall–Kier alpha value is -3.12. The number of alkyl halides is 2. The summed E-state index contributed by atoms with van der Waals surface area (Å²) in [5, 5.41) is 2.48. The Balaban J connectivity index is 1.89. The fraction of sp³-hybridized carbons (Fsp3) is 0.458. The van der Waals surface area contributed by atoms with Crippen LogP contribution in [0.1, 0.15) is 33.9 Å². The van der Waals surface area contributed by atoms with Crippen LogP contribution >= 0.6 is 7.75 Å². The molecule has 3 rings (SSSR count). The van der Waals surface area contributed by atoms with Crippen molar-refractivity contribution in [3.05, 3.63) is 65.7 Å². The van der Waals surface area contributed by atoms with E-state index in [2.05, 4.69) is 16.7 Å². The molecule has 1 fully saturated rings. The Labute approximate surface area is 218 Å². The second-order valence-electron chi connectivity index (χ2n) is 9.16. The van der Waals surface area contributed by atoms with Gasteiger partial charge in [-0.25, -0.2) is 18.1 Å². The second-order valence-corrected chi connectivity index (χ2v) is 10.9. The van der Waals surface area contributed by atoms with Gasteiger partial charge in [-0.15, -0.1) is 6.58 Å². The molecule has 0 aliphatic carbocycles. The van der Waals surface area contributed by atoms with Crippen LogP contribution in [-0.4, -0.2) is 46.3 Å². The lowest BCUT2D eigenvalue weighted by atomic mass is 9.80. The molecule has 0 bridgehead atoms. The summed E-state index contributed by atoms with van der Waals surface area (Å²) >= 11 is 0. The Morgan fingerprint density at radius 1 is 1.32 bits per heavy atom. The molecule has 1 aliphatic rings. The van der Waals surface area contributed by atoms with E-state index in [1.807, 2.05) is 0 Å². The van der Waals surface area contributed by atoms with E-state index in [4.69, 9.17) is 24.3 Å². The number of para-hydroxylation sites is 1. The van der Waals surface area contributed by atoms with Gasteiger partial charge in [0.2, 0.25) is 6.23 Å². The third kappa shape index (κ3) is 6.12. The van der Waals surface area contributed by atoms with Gasteiger partial charge in [0.25, 0.3) is 0 Å². The van der Waals surface area contributed by atoms with Crippen LogP contribution in [0.15, 0.2) is 60.0 Å². The average Bonchev–Trinajstić information content (AvgIpc) is 3.03. The minimum Gasteiger partial charge on any atom is -0.462 e. The highest BCUT2D eigenvalue weighted by atomic mass is 31.2. The molecule has 1 aromatic heterocycles. The van der Waals surface area contributed by atoms with E-state index in [1.165, 1.54) is 32.0 Å². The summed E-state index contributed by atoms with van der Waals surface area (Å²) < 4.78 is 67.4. The van der Waals surface area contributed by atoms with E-state index in [-0.39, 0.29) is 11.6 Å². The van der Waals surface area contributed by atoms with Crippen LogP contribution in [0.2, 0.25) is 0 Å². The van der Waals surface area contributed by atoms with Crippen LogP contribution in [0.25, 0.3) is 0 Å². The van der Waals surface area contributed by atoms with E-state index >= 15 is 8.78 Å². The summed E-state index contributed by atoms with van der Waals surface area (Å²) in [5.74, 6) is -4.41. The molecule has 5 atom stereocenters. The molecular weight excluding hydrogens is 525 g/mol. The number of carbonyl (C=O) groups is 1. The van der Waals surface area contributed by atoms with E-state index in [0.29, 0.717) is 4.57 Å². The molecule has 3 N–H and O–H groups in total. The molecule has 2 aromatic rings. The Morgan fingerprint density at radius 2 is 1.97 bits per heavy atom. The van der Waals surface area contributed by atoms with E-state index < -0.39 is 61.8 Å². The van der Waals surface area contributed by atoms with Crippen molar-refractivity contribution < 1.29 is 36.7 Å². The summed E-state index contributed by atoms with van der Waals surface area (Å²) in [6.07, 6.45) is -1.94. The van der Waals surface area contributed by atoms with Gasteiger partial charge < -0.3 is 19.7 Å². The van der Waals surface area contributed by atoms with Crippen molar-refractivity contribution in [2.24, 2.45) is 5.41 Å². The molecular formula is C24H31F2N4O7P. The topological polar surface area (TPSA) is 144 Å². The zero-order chi connectivity index (χ0) is 28.3. The Kier molecular flexibility index (Phi) is 8.77. The third-order valence-corrected chi connectivity index (χ3v) is 7.58. The minimum absolute atomic E-state index is 0.134. The van der Waals surface area contributed by atoms with Gasteiger partial charge in [-0.1, -0.05) is 24.3 Å². The first-order chi connectivity index (χ1) is 17.7. The van der Waals surface area contributed by atoms with Crippen molar-refractivity contribution in [2.75, 3.05) is 12.3 Å². The van der Waals surface area contributed by atoms with Gasteiger partial charge in [-0.05, 0) is 45.9 Å². The number of benzene rings is 1. The smallest absolute Gasteiger partial charge is 0.459 e. The highest BCUT2D eigenvalue weighted by Gasteiger charge is 2.66. The molecule has 1 aliphatic heterocycles. The number of nitrogens with zero attached hydrogens (tertiary/aromatic N) is 2. The Morgan fingerprint density at radius 3 is 2.55 bits per heavy atom. The van der Waals surface area contributed by atoms with Crippen LogP contribution in [-0.2, 0) is 23.4 Å². The molecule has 1 unspecified atom stereocenters. The van der Waals surface area contributed by atoms with E-state index in [0.717, 1.165) is 12.3 Å². The molecule has 11 nitrogen and oxygen atoms in total. The molecule has 2 heterocycles. The van der Waals surface area contributed by atoms with Crippen LogP contribution < -0.4 is 21.0 Å². The lowest BCUT2D eigenvalue weighted by Gasteiger charge is -2.32. The predicted molar refractivity (Wildman–Crippen MR) is 135 cm³/mol. The van der Waals surface area contributed by atoms with Crippen molar-refractivity contribution in [1.82, 2.24) is 14.6 Å². The first-order valence-corrected chi connectivity index (χ1v) is 13.3.